The van der Waals surface area contributed by atoms with Crippen LogP contribution in [-0.2, 0) is 10.0 Å². The number of rotatable bonds is 3. The molecule has 0 atom stereocenters. The molecule has 0 spiro atoms. The lowest BCUT2D eigenvalue weighted by atomic mass is 10.2. The van der Waals surface area contributed by atoms with E-state index in [1.807, 2.05) is 30.3 Å². The van der Waals surface area contributed by atoms with Crippen molar-refractivity contribution >= 4 is 37.6 Å². The summed E-state index contributed by atoms with van der Waals surface area (Å²) in [5.74, 6) is 0. The molecule has 0 unspecified atom stereocenters. The number of aromatic nitrogens is 1. The molecule has 0 amide bonds. The van der Waals surface area contributed by atoms with E-state index in [9.17, 15) is 8.42 Å². The maximum atomic E-state index is 12.9. The average Bonchev–Trinajstić information content (AvgIpc) is 2.85. The Kier molecular flexibility index (Phi) is 4.12. The molecule has 0 aliphatic heterocycles. The van der Waals surface area contributed by atoms with Gasteiger partial charge in [0.25, 0.3) is 10.0 Å². The standard InChI is InChI=1S/C16H11BrClNO2S/c17-14-11-19(22(20,21)13-9-5-2-6-10-13)16(15(14)18)12-7-3-1-4-8-12/h1-11H. The molecule has 22 heavy (non-hydrogen) atoms. The first-order valence-electron chi connectivity index (χ1n) is 6.44. The van der Waals surface area contributed by atoms with Gasteiger partial charge in [-0.1, -0.05) is 60.1 Å². The van der Waals surface area contributed by atoms with Gasteiger partial charge in [-0.25, -0.2) is 12.4 Å². The van der Waals surface area contributed by atoms with Crippen molar-refractivity contribution in [3.8, 4) is 11.3 Å². The second-order valence-electron chi connectivity index (χ2n) is 4.62. The fourth-order valence-electron chi connectivity index (χ4n) is 2.18. The highest BCUT2D eigenvalue weighted by molar-refractivity contribution is 9.10. The highest BCUT2D eigenvalue weighted by atomic mass is 79.9. The second kappa shape index (κ2) is 5.91. The number of hydrogen-bond donors (Lipinski definition) is 0. The van der Waals surface area contributed by atoms with E-state index in [4.69, 9.17) is 11.6 Å². The van der Waals surface area contributed by atoms with Gasteiger partial charge in [0.05, 0.1) is 20.1 Å². The van der Waals surface area contributed by atoms with Gasteiger partial charge < -0.3 is 0 Å². The van der Waals surface area contributed by atoms with Gasteiger partial charge in [-0.2, -0.15) is 0 Å². The van der Waals surface area contributed by atoms with Crippen molar-refractivity contribution in [2.75, 3.05) is 0 Å². The van der Waals surface area contributed by atoms with Gasteiger partial charge in [-0.15, -0.1) is 0 Å². The Morgan fingerprint density at radius 2 is 1.45 bits per heavy atom. The van der Waals surface area contributed by atoms with Gasteiger partial charge in [-0.05, 0) is 28.1 Å². The molecule has 0 fully saturated rings. The van der Waals surface area contributed by atoms with Crippen LogP contribution in [0.1, 0.15) is 0 Å². The van der Waals surface area contributed by atoms with E-state index in [2.05, 4.69) is 15.9 Å². The smallest absolute Gasteiger partial charge is 0.238 e. The fourth-order valence-corrected chi connectivity index (χ4v) is 4.42. The van der Waals surface area contributed by atoms with Crippen LogP contribution < -0.4 is 0 Å². The normalized spacial score (nSPS) is 11.5. The van der Waals surface area contributed by atoms with Crippen LogP contribution in [0.5, 0.6) is 0 Å². The average molecular weight is 397 g/mol. The van der Waals surface area contributed by atoms with Crippen molar-refractivity contribution in [3.05, 3.63) is 76.4 Å². The minimum Gasteiger partial charge on any atom is -0.238 e. The van der Waals surface area contributed by atoms with E-state index >= 15 is 0 Å². The number of benzene rings is 2. The summed E-state index contributed by atoms with van der Waals surface area (Å²) < 4.78 is 27.5. The lowest BCUT2D eigenvalue weighted by Gasteiger charge is -2.11. The molecule has 0 radical (unpaired) electrons. The fraction of sp³-hybridized carbons (Fsp3) is 0. The molecule has 3 rings (SSSR count). The predicted octanol–water partition coefficient (Wildman–Crippen LogP) is 4.81. The topological polar surface area (TPSA) is 39.1 Å². The van der Waals surface area contributed by atoms with Gasteiger partial charge in [0.1, 0.15) is 0 Å². The highest BCUT2D eigenvalue weighted by Crippen LogP contribution is 2.37. The van der Waals surface area contributed by atoms with Crippen LogP contribution in [0, 0.1) is 0 Å². The maximum Gasteiger partial charge on any atom is 0.268 e. The third-order valence-electron chi connectivity index (χ3n) is 3.22. The molecule has 0 aliphatic rings. The molecule has 2 aromatic carbocycles. The Bertz CT molecular complexity index is 906. The number of nitrogens with zero attached hydrogens (tertiary/aromatic N) is 1. The van der Waals surface area contributed by atoms with Crippen LogP contribution in [0.4, 0.5) is 0 Å². The van der Waals surface area contributed by atoms with Gasteiger partial charge in [0.2, 0.25) is 0 Å². The Labute approximate surface area is 142 Å². The third-order valence-corrected chi connectivity index (χ3v) is 6.10. The lowest BCUT2D eigenvalue weighted by Crippen LogP contribution is -2.13. The zero-order valence-electron chi connectivity index (χ0n) is 11.3. The van der Waals surface area contributed by atoms with Crippen LogP contribution in [0.15, 0.2) is 76.2 Å². The first-order chi connectivity index (χ1) is 10.5. The molecule has 6 heteroatoms. The molecule has 3 nitrogen and oxygen atoms in total. The molecule has 0 bridgehead atoms. The molecule has 3 aromatic rings. The molecule has 0 N–H and O–H groups in total. The van der Waals surface area contributed by atoms with E-state index in [0.29, 0.717) is 15.2 Å². The van der Waals surface area contributed by atoms with Crippen molar-refractivity contribution in [2.45, 2.75) is 4.90 Å². The van der Waals surface area contributed by atoms with Gasteiger partial charge >= 0.3 is 0 Å². The Morgan fingerprint density at radius 3 is 2.05 bits per heavy atom. The van der Waals surface area contributed by atoms with Gasteiger partial charge in [-0.3, -0.25) is 0 Å². The zero-order valence-corrected chi connectivity index (χ0v) is 14.4. The Balaban J connectivity index is 2.27. The molecule has 1 heterocycles. The maximum absolute atomic E-state index is 12.9. The highest BCUT2D eigenvalue weighted by Gasteiger charge is 2.24. The summed E-state index contributed by atoms with van der Waals surface area (Å²) in [6.07, 6.45) is 1.48. The number of hydrogen-bond acceptors (Lipinski definition) is 2. The van der Waals surface area contributed by atoms with Crippen molar-refractivity contribution in [2.24, 2.45) is 0 Å². The molecule has 112 valence electrons. The predicted molar refractivity (Wildman–Crippen MR) is 91.6 cm³/mol. The summed E-state index contributed by atoms with van der Waals surface area (Å²) in [6.45, 7) is 0. The summed E-state index contributed by atoms with van der Waals surface area (Å²) in [5.41, 5.74) is 1.18. The van der Waals surface area contributed by atoms with Gasteiger partial charge in [0.15, 0.2) is 0 Å². The largest absolute Gasteiger partial charge is 0.268 e. The first-order valence-corrected chi connectivity index (χ1v) is 9.05. The second-order valence-corrected chi connectivity index (χ2v) is 7.67. The van der Waals surface area contributed by atoms with Crippen molar-refractivity contribution in [3.63, 3.8) is 0 Å². The minimum absolute atomic E-state index is 0.214. The molecule has 1 aromatic heterocycles. The van der Waals surface area contributed by atoms with Crippen molar-refractivity contribution in [1.82, 2.24) is 3.97 Å². The first kappa shape index (κ1) is 15.3. The lowest BCUT2D eigenvalue weighted by molar-refractivity contribution is 0.588. The Hall–Kier alpha value is -1.56. The summed E-state index contributed by atoms with van der Waals surface area (Å²) in [6, 6.07) is 17.5. The van der Waals surface area contributed by atoms with Crippen LogP contribution in [0.3, 0.4) is 0 Å². The molecular formula is C16H11BrClNO2S. The SMILES string of the molecule is O=S(=O)(c1ccccc1)n1cc(Br)c(Cl)c1-c1ccccc1. The van der Waals surface area contributed by atoms with Crippen molar-refractivity contribution < 1.29 is 8.42 Å². The molecule has 0 saturated heterocycles. The van der Waals surface area contributed by atoms with Crippen LogP contribution >= 0.6 is 27.5 Å². The van der Waals surface area contributed by atoms with E-state index in [1.165, 1.54) is 10.2 Å². The van der Waals surface area contributed by atoms with Crippen molar-refractivity contribution in [1.29, 1.82) is 0 Å². The Morgan fingerprint density at radius 1 is 0.909 bits per heavy atom. The third kappa shape index (κ3) is 2.60. The van der Waals surface area contributed by atoms with E-state index < -0.39 is 10.0 Å². The van der Waals surface area contributed by atoms with Gasteiger partial charge in [0, 0.05) is 11.8 Å². The minimum atomic E-state index is -3.72. The van der Waals surface area contributed by atoms with Crippen LogP contribution in [-0.4, -0.2) is 12.4 Å². The molecule has 0 saturated carbocycles. The summed E-state index contributed by atoms with van der Waals surface area (Å²) in [7, 11) is -3.72. The summed E-state index contributed by atoms with van der Waals surface area (Å²) >= 11 is 9.62. The summed E-state index contributed by atoms with van der Waals surface area (Å²) in [4.78, 5) is 0.214. The van der Waals surface area contributed by atoms with E-state index in [1.54, 1.807) is 30.3 Å². The van der Waals surface area contributed by atoms with E-state index in [-0.39, 0.29) is 4.90 Å². The monoisotopic (exact) mass is 395 g/mol. The van der Waals surface area contributed by atoms with Crippen LogP contribution in [0.2, 0.25) is 5.02 Å². The molecule has 0 aliphatic carbocycles. The van der Waals surface area contributed by atoms with E-state index in [0.717, 1.165) is 5.56 Å². The number of halogens is 2. The zero-order chi connectivity index (χ0) is 15.7. The molecular weight excluding hydrogens is 386 g/mol. The van der Waals surface area contributed by atoms with Crippen LogP contribution in [0.25, 0.3) is 11.3 Å². The quantitative estimate of drug-likeness (QED) is 0.637. The summed E-state index contributed by atoms with van der Waals surface area (Å²) in [5, 5.41) is 0.366.